The van der Waals surface area contributed by atoms with Crippen LogP contribution in [0.2, 0.25) is 0 Å². The fourth-order valence-corrected chi connectivity index (χ4v) is 7.02. The Morgan fingerprint density at radius 3 is 2.94 bits per heavy atom. The average molecular weight is 426 g/mol. The number of rotatable bonds is 3. The molecule has 1 aromatic rings. The second-order valence-corrected chi connectivity index (χ2v) is 10.5. The highest BCUT2D eigenvalue weighted by molar-refractivity contribution is 5.75. The Morgan fingerprint density at radius 1 is 1.35 bits per heavy atom. The lowest BCUT2D eigenvalue weighted by Crippen LogP contribution is -2.46. The quantitative estimate of drug-likeness (QED) is 0.565. The molecule has 0 unspecified atom stereocenters. The lowest BCUT2D eigenvalue weighted by atomic mass is 9.55. The fraction of sp³-hybridized carbons (Fsp3) is 0.654. The minimum atomic E-state index is -0.0627. The maximum absolute atomic E-state index is 13.0. The first kappa shape index (κ1) is 20.9. The molecule has 2 heterocycles. The number of phenolic OH excluding ortho intramolecular Hbond substituents is 1. The van der Waals surface area contributed by atoms with E-state index in [2.05, 4.69) is 25.3 Å². The summed E-state index contributed by atoms with van der Waals surface area (Å²) in [6.07, 6.45) is 6.52. The molecule has 3 fully saturated rings. The van der Waals surface area contributed by atoms with Crippen LogP contribution in [0.15, 0.2) is 24.3 Å². The smallest absolute Gasteiger partial charge is 0.310 e. The maximum Gasteiger partial charge on any atom is 0.310 e. The van der Waals surface area contributed by atoms with Crippen LogP contribution in [0.1, 0.15) is 63.1 Å². The maximum atomic E-state index is 13.0. The highest BCUT2D eigenvalue weighted by Crippen LogP contribution is 2.57. The Labute approximate surface area is 185 Å². The average Bonchev–Trinajstić information content (AvgIpc) is 3.02. The molecule has 1 N–H and O–H groups in total. The van der Waals surface area contributed by atoms with E-state index in [1.165, 1.54) is 29.5 Å². The predicted octanol–water partition coefficient (Wildman–Crippen LogP) is 4.63. The number of benzene rings is 1. The Bertz CT molecular complexity index is 911. The van der Waals surface area contributed by atoms with Crippen molar-refractivity contribution >= 4 is 5.97 Å². The largest absolute Gasteiger partial charge is 0.504 e. The summed E-state index contributed by atoms with van der Waals surface area (Å²) in [5.74, 6) is 1.45. The van der Waals surface area contributed by atoms with Gasteiger partial charge in [0.25, 0.3) is 0 Å². The van der Waals surface area contributed by atoms with Crippen molar-refractivity contribution in [3.8, 4) is 11.5 Å². The van der Waals surface area contributed by atoms with Crippen LogP contribution in [0, 0.1) is 23.2 Å². The van der Waals surface area contributed by atoms with Crippen LogP contribution in [0.25, 0.3) is 0 Å². The molecule has 4 aliphatic rings. The molecule has 2 aliphatic carbocycles. The molecule has 168 valence electrons. The van der Waals surface area contributed by atoms with E-state index in [9.17, 15) is 9.90 Å². The molecule has 5 rings (SSSR count). The van der Waals surface area contributed by atoms with Crippen molar-refractivity contribution < 1.29 is 19.4 Å². The first-order chi connectivity index (χ1) is 14.8. The molecule has 0 radical (unpaired) electrons. The third-order valence-corrected chi connectivity index (χ3v) is 8.86. The zero-order valence-electron chi connectivity index (χ0n) is 19.0. The molecule has 5 heteroatoms. The highest BCUT2D eigenvalue weighted by atomic mass is 16.6. The first-order valence-corrected chi connectivity index (χ1v) is 11.8. The van der Waals surface area contributed by atoms with Gasteiger partial charge in [0.15, 0.2) is 11.5 Å². The monoisotopic (exact) mass is 425 g/mol. The van der Waals surface area contributed by atoms with Crippen molar-refractivity contribution in [1.82, 2.24) is 4.90 Å². The topological polar surface area (TPSA) is 59.0 Å². The van der Waals surface area contributed by atoms with Crippen LogP contribution in [-0.4, -0.2) is 42.3 Å². The summed E-state index contributed by atoms with van der Waals surface area (Å²) in [5, 5.41) is 10.1. The summed E-state index contributed by atoms with van der Waals surface area (Å²) in [6, 6.07) is 3.96. The SMILES string of the molecule is C=C1CCC[C@@]2(C)C[C@@H]3OC(=O)[C@@H](CN4CCc5cc(O)c(OC)cc5[C@H]4C)[C@H]3C[C@H]12. The lowest BCUT2D eigenvalue weighted by molar-refractivity contribution is -0.146. The standard InChI is InChI=1S/C26H35NO4/c1-15-6-5-8-26(3)13-24-19(11-21(15)26)20(25(29)31-24)14-27-9-7-17-10-22(28)23(30-4)12-18(17)16(27)2/h10,12,16,19-21,24,28H,1,5-9,11,13-14H2,2-4H3/t16-,19-,20+,21-,24+,26+/m1/s1. The van der Waals surface area contributed by atoms with Crippen LogP contribution in [0.3, 0.4) is 0 Å². The van der Waals surface area contributed by atoms with Gasteiger partial charge in [-0.05, 0) is 80.0 Å². The Hall–Kier alpha value is -2.01. The molecular weight excluding hydrogens is 390 g/mol. The number of esters is 1. The van der Waals surface area contributed by atoms with Gasteiger partial charge >= 0.3 is 5.97 Å². The molecule has 5 nitrogen and oxygen atoms in total. The Kier molecular flexibility index (Phi) is 5.08. The van der Waals surface area contributed by atoms with Crippen molar-refractivity contribution in [3.05, 3.63) is 35.4 Å². The molecule has 0 aromatic heterocycles. The van der Waals surface area contributed by atoms with E-state index in [1.807, 2.05) is 12.1 Å². The van der Waals surface area contributed by atoms with Crippen LogP contribution < -0.4 is 4.74 Å². The number of nitrogens with zero attached hydrogens (tertiary/aromatic N) is 1. The van der Waals surface area contributed by atoms with Crippen LogP contribution >= 0.6 is 0 Å². The van der Waals surface area contributed by atoms with Crippen LogP contribution in [0.4, 0.5) is 0 Å². The molecule has 0 spiro atoms. The molecule has 1 saturated heterocycles. The zero-order valence-corrected chi connectivity index (χ0v) is 19.0. The van der Waals surface area contributed by atoms with Gasteiger partial charge in [0.1, 0.15) is 6.10 Å². The second kappa shape index (κ2) is 7.54. The van der Waals surface area contributed by atoms with Crippen LogP contribution in [-0.2, 0) is 16.0 Å². The number of carbonyl (C=O) groups is 1. The Morgan fingerprint density at radius 2 is 2.16 bits per heavy atom. The molecule has 0 amide bonds. The predicted molar refractivity (Wildman–Crippen MR) is 119 cm³/mol. The molecule has 2 saturated carbocycles. The molecule has 31 heavy (non-hydrogen) atoms. The third-order valence-electron chi connectivity index (χ3n) is 8.86. The first-order valence-electron chi connectivity index (χ1n) is 11.8. The van der Waals surface area contributed by atoms with Gasteiger partial charge in [0.2, 0.25) is 0 Å². The molecule has 1 aromatic carbocycles. The van der Waals surface area contributed by atoms with Gasteiger partial charge < -0.3 is 14.6 Å². The van der Waals surface area contributed by atoms with Gasteiger partial charge in [0, 0.05) is 25.0 Å². The number of hydrogen-bond donors (Lipinski definition) is 1. The van der Waals surface area contributed by atoms with Gasteiger partial charge in [0.05, 0.1) is 13.0 Å². The van der Waals surface area contributed by atoms with E-state index >= 15 is 0 Å². The third kappa shape index (κ3) is 3.36. The fourth-order valence-electron chi connectivity index (χ4n) is 7.02. The Balaban J connectivity index is 1.36. The van der Waals surface area contributed by atoms with Crippen molar-refractivity contribution in [1.29, 1.82) is 0 Å². The van der Waals surface area contributed by atoms with Gasteiger partial charge in [-0.25, -0.2) is 0 Å². The molecule has 0 bridgehead atoms. The van der Waals surface area contributed by atoms with Gasteiger partial charge in [-0.15, -0.1) is 0 Å². The highest BCUT2D eigenvalue weighted by Gasteiger charge is 2.55. The number of phenols is 1. The number of aromatic hydroxyl groups is 1. The second-order valence-electron chi connectivity index (χ2n) is 10.5. The van der Waals surface area contributed by atoms with Crippen molar-refractivity contribution in [3.63, 3.8) is 0 Å². The van der Waals surface area contributed by atoms with Gasteiger partial charge in [-0.1, -0.05) is 19.1 Å². The summed E-state index contributed by atoms with van der Waals surface area (Å²) in [4.78, 5) is 15.4. The number of methoxy groups -OCH3 is 1. The normalized spacial score (nSPS) is 37.6. The van der Waals surface area contributed by atoms with E-state index in [0.717, 1.165) is 38.8 Å². The summed E-state index contributed by atoms with van der Waals surface area (Å²) in [6.45, 7) is 10.6. The summed E-state index contributed by atoms with van der Waals surface area (Å²) in [7, 11) is 1.58. The summed E-state index contributed by atoms with van der Waals surface area (Å²) in [5.41, 5.74) is 3.97. The molecule has 6 atom stereocenters. The summed E-state index contributed by atoms with van der Waals surface area (Å²) >= 11 is 0. The molecule has 2 aliphatic heterocycles. The lowest BCUT2D eigenvalue weighted by Gasteiger charge is -2.50. The van der Waals surface area contributed by atoms with Crippen molar-refractivity contribution in [2.45, 2.75) is 64.5 Å². The van der Waals surface area contributed by atoms with Crippen molar-refractivity contribution in [2.24, 2.45) is 23.2 Å². The number of allylic oxidation sites excluding steroid dienone is 1. The number of ether oxygens (including phenoxy) is 2. The minimum absolute atomic E-state index is 0.0101. The number of carbonyl (C=O) groups excluding carboxylic acids is 1. The number of fused-ring (bicyclic) bond motifs is 3. The van der Waals surface area contributed by atoms with E-state index < -0.39 is 0 Å². The van der Waals surface area contributed by atoms with Crippen LogP contribution in [0.5, 0.6) is 11.5 Å². The minimum Gasteiger partial charge on any atom is -0.504 e. The van der Waals surface area contributed by atoms with Crippen molar-refractivity contribution in [2.75, 3.05) is 20.2 Å². The zero-order chi connectivity index (χ0) is 21.9. The van der Waals surface area contributed by atoms with E-state index in [-0.39, 0.29) is 35.2 Å². The van der Waals surface area contributed by atoms with E-state index in [4.69, 9.17) is 9.47 Å². The van der Waals surface area contributed by atoms with E-state index in [0.29, 0.717) is 17.6 Å². The van der Waals surface area contributed by atoms with Gasteiger partial charge in [-0.2, -0.15) is 0 Å². The van der Waals surface area contributed by atoms with E-state index in [1.54, 1.807) is 7.11 Å². The number of hydrogen-bond acceptors (Lipinski definition) is 5. The molecular formula is C26H35NO4. The van der Waals surface area contributed by atoms with Gasteiger partial charge in [-0.3, -0.25) is 9.69 Å². The summed E-state index contributed by atoms with van der Waals surface area (Å²) < 4.78 is 11.3.